The minimum atomic E-state index is -4.67. The number of rotatable bonds is 7. The van der Waals surface area contributed by atoms with Crippen molar-refractivity contribution in [2.75, 3.05) is 19.5 Å². The van der Waals surface area contributed by atoms with E-state index in [-0.39, 0.29) is 11.5 Å². The van der Waals surface area contributed by atoms with Crippen molar-refractivity contribution in [3.8, 4) is 11.5 Å². The number of para-hydroxylation sites is 2. The van der Waals surface area contributed by atoms with E-state index in [9.17, 15) is 21.6 Å². The number of sulfone groups is 1. The molecule has 4 aromatic rings. The summed E-state index contributed by atoms with van der Waals surface area (Å²) in [6, 6.07) is 15.5. The first kappa shape index (κ1) is 24.3. The number of ether oxygens (including phenoxy) is 2. The third-order valence-electron chi connectivity index (χ3n) is 5.10. The Kier molecular flexibility index (Phi) is 6.53. The number of hydrogen-bond acceptors (Lipinski definition) is 7. The molecule has 0 aliphatic rings. The van der Waals surface area contributed by atoms with Crippen LogP contribution in [-0.4, -0.2) is 32.6 Å². The van der Waals surface area contributed by atoms with Crippen LogP contribution < -0.4 is 14.8 Å². The average Bonchev–Trinajstić information content (AvgIpc) is 2.83. The van der Waals surface area contributed by atoms with Crippen LogP contribution in [0.1, 0.15) is 11.3 Å². The van der Waals surface area contributed by atoms with Gasteiger partial charge in [-0.15, -0.1) is 0 Å². The van der Waals surface area contributed by atoms with Crippen LogP contribution in [0.4, 0.5) is 24.7 Å². The van der Waals surface area contributed by atoms with Crippen LogP contribution in [0.15, 0.2) is 71.6 Å². The molecule has 1 N–H and O–H groups in total. The number of halogens is 3. The Balaban J connectivity index is 1.78. The number of hydrogen-bond donors (Lipinski definition) is 1. The Morgan fingerprint density at radius 3 is 2.09 bits per heavy atom. The number of fused-ring (bicyclic) bond motifs is 1. The lowest BCUT2D eigenvalue weighted by molar-refractivity contribution is -0.137. The molecule has 0 unspecified atom stereocenters. The fourth-order valence-electron chi connectivity index (χ4n) is 3.38. The van der Waals surface area contributed by atoms with Crippen molar-refractivity contribution < 1.29 is 31.1 Å². The lowest BCUT2D eigenvalue weighted by atomic mass is 10.2. The molecule has 1 aromatic heterocycles. The zero-order chi connectivity index (χ0) is 25.2. The monoisotopic (exact) mass is 503 g/mol. The number of methoxy groups -OCH3 is 2. The fourth-order valence-corrected chi connectivity index (χ4v) is 4.70. The predicted octanol–water partition coefficient (Wildman–Crippen LogP) is 5.38. The Morgan fingerprint density at radius 1 is 0.857 bits per heavy atom. The Morgan fingerprint density at radius 2 is 1.49 bits per heavy atom. The van der Waals surface area contributed by atoms with Crippen LogP contribution in [0.3, 0.4) is 0 Å². The maximum absolute atomic E-state index is 13.1. The van der Waals surface area contributed by atoms with Crippen molar-refractivity contribution in [3.05, 3.63) is 78.0 Å². The van der Waals surface area contributed by atoms with Crippen molar-refractivity contribution in [3.63, 3.8) is 0 Å². The van der Waals surface area contributed by atoms with Gasteiger partial charge in [0.2, 0.25) is 0 Å². The first-order valence-corrected chi connectivity index (χ1v) is 11.9. The van der Waals surface area contributed by atoms with Gasteiger partial charge in [-0.3, -0.25) is 0 Å². The summed E-state index contributed by atoms with van der Waals surface area (Å²) in [5, 5.41) is 3.05. The highest BCUT2D eigenvalue weighted by atomic mass is 32.2. The van der Waals surface area contributed by atoms with E-state index < -0.39 is 32.2 Å². The zero-order valence-corrected chi connectivity index (χ0v) is 19.4. The van der Waals surface area contributed by atoms with Gasteiger partial charge in [-0.1, -0.05) is 18.2 Å². The van der Waals surface area contributed by atoms with E-state index in [1.54, 1.807) is 42.5 Å². The molecular formula is C24H20F3N3O4S. The van der Waals surface area contributed by atoms with Gasteiger partial charge in [-0.05, 0) is 30.3 Å². The highest BCUT2D eigenvalue weighted by Crippen LogP contribution is 2.33. The van der Waals surface area contributed by atoms with Crippen molar-refractivity contribution in [2.24, 2.45) is 0 Å². The normalized spacial score (nSPS) is 11.9. The molecule has 0 bridgehead atoms. The van der Waals surface area contributed by atoms with Gasteiger partial charge >= 0.3 is 6.18 Å². The summed E-state index contributed by atoms with van der Waals surface area (Å²) in [5.41, 5.74) is 0.428. The second kappa shape index (κ2) is 9.41. The Labute approximate surface area is 199 Å². The molecule has 182 valence electrons. The number of alkyl halides is 3. The van der Waals surface area contributed by atoms with Gasteiger partial charge in [0.25, 0.3) is 0 Å². The molecule has 4 rings (SSSR count). The first-order valence-electron chi connectivity index (χ1n) is 10.2. The zero-order valence-electron chi connectivity index (χ0n) is 18.6. The van der Waals surface area contributed by atoms with E-state index in [2.05, 4.69) is 15.3 Å². The summed E-state index contributed by atoms with van der Waals surface area (Å²) < 4.78 is 76.2. The van der Waals surface area contributed by atoms with Crippen LogP contribution in [0.2, 0.25) is 0 Å². The predicted molar refractivity (Wildman–Crippen MR) is 125 cm³/mol. The van der Waals surface area contributed by atoms with Crippen molar-refractivity contribution >= 4 is 32.4 Å². The molecule has 7 nitrogen and oxygen atoms in total. The number of aromatic nitrogens is 2. The summed E-state index contributed by atoms with van der Waals surface area (Å²) in [5.74, 6) is 0.433. The third kappa shape index (κ3) is 5.46. The molecule has 0 aliphatic heterocycles. The van der Waals surface area contributed by atoms with Gasteiger partial charge in [-0.2, -0.15) is 13.2 Å². The molecule has 0 aliphatic carbocycles. The largest absolute Gasteiger partial charge is 0.497 e. The average molecular weight is 504 g/mol. The number of anilines is 2. The van der Waals surface area contributed by atoms with Crippen LogP contribution in [0, 0.1) is 0 Å². The van der Waals surface area contributed by atoms with Crippen molar-refractivity contribution in [1.29, 1.82) is 0 Å². The van der Waals surface area contributed by atoms with E-state index >= 15 is 0 Å². The second-order valence-electron chi connectivity index (χ2n) is 7.52. The summed E-state index contributed by atoms with van der Waals surface area (Å²) >= 11 is 0. The summed E-state index contributed by atoms with van der Waals surface area (Å²) in [4.78, 5) is 8.50. The highest BCUT2D eigenvalue weighted by molar-refractivity contribution is 7.90. The number of benzene rings is 3. The van der Waals surface area contributed by atoms with Gasteiger partial charge in [0.1, 0.15) is 17.3 Å². The van der Waals surface area contributed by atoms with Crippen LogP contribution in [-0.2, 0) is 21.8 Å². The molecule has 0 saturated heterocycles. The molecular weight excluding hydrogens is 483 g/mol. The van der Waals surface area contributed by atoms with E-state index in [4.69, 9.17) is 9.47 Å². The van der Waals surface area contributed by atoms with Crippen molar-refractivity contribution in [2.45, 2.75) is 16.8 Å². The maximum Gasteiger partial charge on any atom is 0.416 e. The van der Waals surface area contributed by atoms with Gasteiger partial charge in [0, 0.05) is 23.9 Å². The smallest absolute Gasteiger partial charge is 0.416 e. The SMILES string of the molecule is COc1cc(Nc2nc3ccccc3nc2CS(=O)(=O)c2cccc(C(F)(F)F)c2)cc(OC)c1. The second-order valence-corrected chi connectivity index (χ2v) is 9.51. The summed E-state index contributed by atoms with van der Waals surface area (Å²) in [6.07, 6.45) is -4.67. The van der Waals surface area contributed by atoms with Crippen molar-refractivity contribution in [1.82, 2.24) is 9.97 Å². The number of nitrogens with zero attached hydrogens (tertiary/aromatic N) is 2. The molecule has 35 heavy (non-hydrogen) atoms. The van der Waals surface area contributed by atoms with Gasteiger partial charge in [-0.25, -0.2) is 18.4 Å². The standard InChI is InChI=1S/C24H20F3N3O4S/c1-33-17-11-16(12-18(13-17)34-2)28-23-22(29-20-8-3-4-9-21(20)30-23)14-35(31,32)19-7-5-6-15(10-19)24(25,26)27/h3-13H,14H2,1-2H3,(H,28,30). The molecule has 11 heteroatoms. The molecule has 0 atom stereocenters. The van der Waals surface area contributed by atoms with Crippen LogP contribution >= 0.6 is 0 Å². The third-order valence-corrected chi connectivity index (χ3v) is 6.73. The number of nitrogens with one attached hydrogen (secondary N) is 1. The lowest BCUT2D eigenvalue weighted by Gasteiger charge is -2.14. The molecule has 0 fully saturated rings. The minimum Gasteiger partial charge on any atom is -0.497 e. The molecule has 0 radical (unpaired) electrons. The van der Waals surface area contributed by atoms with Crippen LogP contribution in [0.5, 0.6) is 11.5 Å². The van der Waals surface area contributed by atoms with E-state index in [1.165, 1.54) is 14.2 Å². The minimum absolute atomic E-state index is 0.0444. The summed E-state index contributed by atoms with van der Waals surface area (Å²) in [6.45, 7) is 0. The van der Waals surface area contributed by atoms with Crippen LogP contribution in [0.25, 0.3) is 11.0 Å². The molecule has 0 saturated carbocycles. The Bertz CT molecular complexity index is 1470. The van der Waals surface area contributed by atoms with Gasteiger partial charge in [0.05, 0.1) is 41.4 Å². The Hall–Kier alpha value is -3.86. The van der Waals surface area contributed by atoms with Gasteiger partial charge < -0.3 is 14.8 Å². The van der Waals surface area contributed by atoms with E-state index in [0.29, 0.717) is 34.3 Å². The summed E-state index contributed by atoms with van der Waals surface area (Å²) in [7, 11) is -1.22. The highest BCUT2D eigenvalue weighted by Gasteiger charge is 2.32. The molecule has 0 spiro atoms. The van der Waals surface area contributed by atoms with E-state index in [1.807, 2.05) is 0 Å². The quantitative estimate of drug-likeness (QED) is 0.362. The van der Waals surface area contributed by atoms with Gasteiger partial charge in [0.15, 0.2) is 15.7 Å². The maximum atomic E-state index is 13.1. The fraction of sp³-hybridized carbons (Fsp3) is 0.167. The molecule has 3 aromatic carbocycles. The topological polar surface area (TPSA) is 90.4 Å². The first-order chi connectivity index (χ1) is 16.6. The molecule has 0 amide bonds. The lowest BCUT2D eigenvalue weighted by Crippen LogP contribution is -2.12. The van der Waals surface area contributed by atoms with E-state index in [0.717, 1.165) is 18.2 Å². The molecule has 1 heterocycles.